The van der Waals surface area contributed by atoms with Gasteiger partial charge in [0, 0.05) is 0 Å². The van der Waals surface area contributed by atoms with Crippen molar-refractivity contribution < 1.29 is 4.79 Å². The van der Waals surface area contributed by atoms with Crippen molar-refractivity contribution in [2.75, 3.05) is 0 Å². The Morgan fingerprint density at radius 2 is 2.00 bits per heavy atom. The molecule has 2 N–H and O–H groups in total. The highest BCUT2D eigenvalue weighted by atomic mass is 16.1. The molecule has 2 nitrogen and oxygen atoms in total. The smallest absolute Gasteiger partial charge is 0.146 e. The molecule has 1 aromatic carbocycles. The number of Topliss-reactive ketones (excluding diaryl/α,β-unsaturated/α-hetero) is 1. The van der Waals surface area contributed by atoms with Gasteiger partial charge in [-0.05, 0) is 50.2 Å². The normalized spacial score (nSPS) is 14.2. The lowest BCUT2D eigenvalue weighted by molar-refractivity contribution is -0.118. The fourth-order valence-corrected chi connectivity index (χ4v) is 2.25. The first-order chi connectivity index (χ1) is 8.50. The van der Waals surface area contributed by atoms with Gasteiger partial charge in [-0.25, -0.2) is 0 Å². The van der Waals surface area contributed by atoms with Crippen LogP contribution in [0.2, 0.25) is 0 Å². The minimum atomic E-state index is -0.279. The maximum atomic E-state index is 11.1. The second-order valence-corrected chi connectivity index (χ2v) is 5.38. The summed E-state index contributed by atoms with van der Waals surface area (Å²) < 4.78 is 0. The van der Waals surface area contributed by atoms with Crippen molar-refractivity contribution in [3.05, 3.63) is 35.4 Å². The van der Waals surface area contributed by atoms with Crippen LogP contribution in [0, 0.1) is 12.8 Å². The van der Waals surface area contributed by atoms with Gasteiger partial charge in [0.25, 0.3) is 0 Å². The summed E-state index contributed by atoms with van der Waals surface area (Å²) in [6.45, 7) is 5.91. The third-order valence-electron chi connectivity index (χ3n) is 3.58. The van der Waals surface area contributed by atoms with Gasteiger partial charge in [0.15, 0.2) is 0 Å². The van der Waals surface area contributed by atoms with Crippen LogP contribution >= 0.6 is 0 Å². The molecule has 0 fully saturated rings. The van der Waals surface area contributed by atoms with Gasteiger partial charge in [0.05, 0.1) is 6.04 Å². The minimum Gasteiger partial charge on any atom is -0.322 e. The van der Waals surface area contributed by atoms with Gasteiger partial charge in [0.2, 0.25) is 0 Å². The molecule has 0 unspecified atom stereocenters. The summed E-state index contributed by atoms with van der Waals surface area (Å²) in [5.74, 6) is 0.619. The molecule has 18 heavy (non-hydrogen) atoms. The molecule has 2 heteroatoms. The predicted molar refractivity (Wildman–Crippen MR) is 76.6 cm³/mol. The fourth-order valence-electron chi connectivity index (χ4n) is 2.25. The second kappa shape index (κ2) is 7.32. The number of carbonyl (C=O) groups is 1. The number of ketones is 1. The Hall–Kier alpha value is -1.15. The second-order valence-electron chi connectivity index (χ2n) is 5.38. The number of benzene rings is 1. The molecular formula is C16H25NO. The van der Waals surface area contributed by atoms with E-state index in [0.717, 1.165) is 25.7 Å². The highest BCUT2D eigenvalue weighted by molar-refractivity contribution is 5.81. The number of rotatable bonds is 7. The standard InChI is InChI=1S/C16H25NO/c1-12(11-16(17)14(3)18)7-6-10-15-9-5-4-8-13(15)2/h4-5,8-9,12,16H,6-7,10-11,17H2,1-3H3/t12-,16+/m1/s1. The molecule has 0 aromatic heterocycles. The first-order valence-corrected chi connectivity index (χ1v) is 6.81. The maximum Gasteiger partial charge on any atom is 0.146 e. The molecule has 0 spiro atoms. The molecule has 0 heterocycles. The summed E-state index contributed by atoms with van der Waals surface area (Å²) in [4.78, 5) is 11.1. The SMILES string of the molecule is CC(=O)[C@@H](N)C[C@H](C)CCCc1ccccc1C. The van der Waals surface area contributed by atoms with Crippen molar-refractivity contribution in [2.24, 2.45) is 11.7 Å². The Morgan fingerprint density at radius 3 is 2.61 bits per heavy atom. The molecule has 1 aromatic rings. The number of hydrogen-bond acceptors (Lipinski definition) is 2. The average molecular weight is 247 g/mol. The van der Waals surface area contributed by atoms with E-state index in [9.17, 15) is 4.79 Å². The van der Waals surface area contributed by atoms with Gasteiger partial charge < -0.3 is 5.73 Å². The van der Waals surface area contributed by atoms with Crippen molar-refractivity contribution in [1.82, 2.24) is 0 Å². The molecule has 0 saturated carbocycles. The molecule has 0 amide bonds. The third kappa shape index (κ3) is 5.01. The van der Waals surface area contributed by atoms with Crippen LogP contribution in [-0.4, -0.2) is 11.8 Å². The van der Waals surface area contributed by atoms with E-state index in [-0.39, 0.29) is 11.8 Å². The van der Waals surface area contributed by atoms with Crippen molar-refractivity contribution in [2.45, 2.75) is 52.5 Å². The van der Waals surface area contributed by atoms with E-state index in [1.165, 1.54) is 11.1 Å². The minimum absolute atomic E-state index is 0.0979. The molecule has 0 aliphatic rings. The van der Waals surface area contributed by atoms with E-state index in [4.69, 9.17) is 5.73 Å². The predicted octanol–water partition coefficient (Wildman–Crippen LogP) is 3.26. The lowest BCUT2D eigenvalue weighted by Gasteiger charge is -2.15. The molecule has 1 rings (SSSR count). The summed E-state index contributed by atoms with van der Waals surface area (Å²) in [7, 11) is 0. The van der Waals surface area contributed by atoms with Gasteiger partial charge in [-0.15, -0.1) is 0 Å². The zero-order valence-electron chi connectivity index (χ0n) is 11.8. The van der Waals surface area contributed by atoms with Crippen molar-refractivity contribution in [3.63, 3.8) is 0 Å². The number of nitrogens with two attached hydrogens (primary N) is 1. The van der Waals surface area contributed by atoms with Gasteiger partial charge in [-0.3, -0.25) is 4.79 Å². The fraction of sp³-hybridized carbons (Fsp3) is 0.562. The lowest BCUT2D eigenvalue weighted by atomic mass is 9.93. The summed E-state index contributed by atoms with van der Waals surface area (Å²) >= 11 is 0. The van der Waals surface area contributed by atoms with Crippen LogP contribution in [0.25, 0.3) is 0 Å². The Balaban J connectivity index is 2.30. The molecular weight excluding hydrogens is 222 g/mol. The third-order valence-corrected chi connectivity index (χ3v) is 3.58. The maximum absolute atomic E-state index is 11.1. The van der Waals surface area contributed by atoms with E-state index in [1.807, 2.05) is 0 Å². The van der Waals surface area contributed by atoms with Crippen LogP contribution in [0.1, 0.15) is 44.2 Å². The largest absolute Gasteiger partial charge is 0.322 e. The topological polar surface area (TPSA) is 43.1 Å². The summed E-state index contributed by atoms with van der Waals surface area (Å²) in [5, 5.41) is 0. The Bertz CT molecular complexity index is 386. The van der Waals surface area contributed by atoms with Crippen molar-refractivity contribution in [1.29, 1.82) is 0 Å². The van der Waals surface area contributed by atoms with E-state index in [2.05, 4.69) is 38.1 Å². The van der Waals surface area contributed by atoms with Crippen molar-refractivity contribution >= 4 is 5.78 Å². The Morgan fingerprint density at radius 1 is 1.33 bits per heavy atom. The monoisotopic (exact) mass is 247 g/mol. The van der Waals surface area contributed by atoms with Gasteiger partial charge in [-0.1, -0.05) is 37.6 Å². The van der Waals surface area contributed by atoms with Crippen LogP contribution in [0.15, 0.2) is 24.3 Å². The zero-order valence-corrected chi connectivity index (χ0v) is 11.8. The first-order valence-electron chi connectivity index (χ1n) is 6.81. The van der Waals surface area contributed by atoms with Crippen LogP contribution in [0.5, 0.6) is 0 Å². The van der Waals surface area contributed by atoms with E-state index in [0.29, 0.717) is 5.92 Å². The quantitative estimate of drug-likeness (QED) is 0.803. The van der Waals surface area contributed by atoms with Crippen LogP contribution in [-0.2, 0) is 11.2 Å². The van der Waals surface area contributed by atoms with Crippen LogP contribution in [0.4, 0.5) is 0 Å². The molecule has 100 valence electrons. The molecule has 0 radical (unpaired) electrons. The lowest BCUT2D eigenvalue weighted by Crippen LogP contribution is -2.30. The number of hydrogen-bond donors (Lipinski definition) is 1. The zero-order chi connectivity index (χ0) is 13.5. The van der Waals surface area contributed by atoms with Gasteiger partial charge in [0.1, 0.15) is 5.78 Å². The number of aryl methyl sites for hydroxylation is 2. The first kappa shape index (κ1) is 14.9. The van der Waals surface area contributed by atoms with Crippen LogP contribution in [0.3, 0.4) is 0 Å². The molecule has 0 saturated heterocycles. The van der Waals surface area contributed by atoms with Gasteiger partial charge in [-0.2, -0.15) is 0 Å². The molecule has 2 atom stereocenters. The van der Waals surface area contributed by atoms with E-state index < -0.39 is 0 Å². The highest BCUT2D eigenvalue weighted by Crippen LogP contribution is 2.16. The Kier molecular flexibility index (Phi) is 6.06. The average Bonchev–Trinajstić information content (AvgIpc) is 2.31. The van der Waals surface area contributed by atoms with Gasteiger partial charge >= 0.3 is 0 Å². The number of carbonyl (C=O) groups excluding carboxylic acids is 1. The molecule has 0 aliphatic heterocycles. The molecule has 0 bridgehead atoms. The highest BCUT2D eigenvalue weighted by Gasteiger charge is 2.12. The van der Waals surface area contributed by atoms with Crippen molar-refractivity contribution in [3.8, 4) is 0 Å². The Labute approximate surface area is 111 Å². The molecule has 0 aliphatic carbocycles. The summed E-state index contributed by atoms with van der Waals surface area (Å²) in [6.07, 6.45) is 4.22. The summed E-state index contributed by atoms with van der Waals surface area (Å²) in [5.41, 5.74) is 8.57. The van der Waals surface area contributed by atoms with Crippen LogP contribution < -0.4 is 5.73 Å². The van der Waals surface area contributed by atoms with E-state index in [1.54, 1.807) is 6.92 Å². The summed E-state index contributed by atoms with van der Waals surface area (Å²) in [6, 6.07) is 8.25. The van der Waals surface area contributed by atoms with E-state index >= 15 is 0 Å².